The zero-order valence-electron chi connectivity index (χ0n) is 15.0. The van der Waals surface area contributed by atoms with Crippen LogP contribution in [0.3, 0.4) is 0 Å². The van der Waals surface area contributed by atoms with Crippen LogP contribution < -0.4 is 0 Å². The molecule has 6 nitrogen and oxygen atoms in total. The van der Waals surface area contributed by atoms with Crippen LogP contribution in [-0.4, -0.2) is 52.0 Å². The number of hydrogen-bond donors (Lipinski definition) is 0. The van der Waals surface area contributed by atoms with Gasteiger partial charge in [-0.25, -0.2) is 0 Å². The van der Waals surface area contributed by atoms with Crippen molar-refractivity contribution < 1.29 is 9.32 Å². The largest absolute Gasteiger partial charge is 0.351 e. The predicted molar refractivity (Wildman–Crippen MR) is 95.1 cm³/mol. The van der Waals surface area contributed by atoms with Crippen LogP contribution in [0.25, 0.3) is 0 Å². The number of aromatic nitrogens is 2. The topological polar surface area (TPSA) is 62.5 Å². The molecule has 3 heterocycles. The Bertz CT molecular complexity index is 684. The van der Waals surface area contributed by atoms with Crippen molar-refractivity contribution in [3.05, 3.63) is 47.6 Å². The van der Waals surface area contributed by atoms with E-state index in [0.717, 1.165) is 50.4 Å². The van der Waals surface area contributed by atoms with Crippen molar-refractivity contribution in [1.29, 1.82) is 0 Å². The summed E-state index contributed by atoms with van der Waals surface area (Å²) < 4.78 is 5.28. The van der Waals surface area contributed by atoms with Gasteiger partial charge in [0.1, 0.15) is 0 Å². The Labute approximate surface area is 148 Å². The van der Waals surface area contributed by atoms with E-state index in [4.69, 9.17) is 4.52 Å². The van der Waals surface area contributed by atoms with Crippen molar-refractivity contribution >= 4 is 5.91 Å². The molecule has 1 amide bonds. The van der Waals surface area contributed by atoms with Gasteiger partial charge in [0.25, 0.3) is 5.91 Å². The monoisotopic (exact) mass is 342 g/mol. The third kappa shape index (κ3) is 4.89. The molecule has 0 atom stereocenters. The van der Waals surface area contributed by atoms with E-state index in [9.17, 15) is 4.79 Å². The Morgan fingerprint density at radius 1 is 1.20 bits per heavy atom. The lowest BCUT2D eigenvalue weighted by Crippen LogP contribution is -2.35. The average Bonchev–Trinajstić information content (AvgIpc) is 2.93. The Balaban J connectivity index is 1.57. The Hall–Kier alpha value is -2.21. The third-order valence-corrected chi connectivity index (χ3v) is 4.37. The Morgan fingerprint density at radius 3 is 2.84 bits per heavy atom. The highest BCUT2D eigenvalue weighted by molar-refractivity contribution is 5.91. The molecule has 0 radical (unpaired) electrons. The number of pyridine rings is 1. The standard InChI is InChI=1S/C19H26N4O2/c1-15(2)12-17-13-18(25-21-17)19(24)23-9-5-8-22(10-11-23)14-16-6-3-4-7-20-16/h3-4,6-7,13,15H,5,8-12,14H2,1-2H3. The molecule has 0 spiro atoms. The van der Waals surface area contributed by atoms with Gasteiger partial charge >= 0.3 is 0 Å². The summed E-state index contributed by atoms with van der Waals surface area (Å²) in [7, 11) is 0. The molecule has 1 aliphatic rings. The Morgan fingerprint density at radius 2 is 2.08 bits per heavy atom. The summed E-state index contributed by atoms with van der Waals surface area (Å²) in [5.74, 6) is 0.794. The van der Waals surface area contributed by atoms with Gasteiger partial charge in [0.2, 0.25) is 5.76 Å². The van der Waals surface area contributed by atoms with Gasteiger partial charge in [-0.3, -0.25) is 14.7 Å². The van der Waals surface area contributed by atoms with Crippen LogP contribution in [0.5, 0.6) is 0 Å². The van der Waals surface area contributed by atoms with E-state index in [2.05, 4.69) is 28.9 Å². The van der Waals surface area contributed by atoms with E-state index in [0.29, 0.717) is 18.2 Å². The van der Waals surface area contributed by atoms with Crippen LogP contribution in [0, 0.1) is 5.92 Å². The van der Waals surface area contributed by atoms with Crippen LogP contribution in [0.4, 0.5) is 0 Å². The molecule has 6 heteroatoms. The van der Waals surface area contributed by atoms with E-state index in [1.165, 1.54) is 0 Å². The summed E-state index contributed by atoms with van der Waals surface area (Å²) in [4.78, 5) is 21.3. The minimum Gasteiger partial charge on any atom is -0.351 e. The second kappa shape index (κ2) is 8.25. The third-order valence-electron chi connectivity index (χ3n) is 4.37. The first-order valence-corrected chi connectivity index (χ1v) is 8.99. The summed E-state index contributed by atoms with van der Waals surface area (Å²) in [6, 6.07) is 7.77. The summed E-state index contributed by atoms with van der Waals surface area (Å²) in [5, 5.41) is 4.03. The van der Waals surface area contributed by atoms with Gasteiger partial charge in [0.15, 0.2) is 0 Å². The minimum absolute atomic E-state index is 0.0535. The Kier molecular flexibility index (Phi) is 5.81. The maximum atomic E-state index is 12.7. The molecule has 1 aliphatic heterocycles. The van der Waals surface area contributed by atoms with Crippen molar-refractivity contribution in [2.75, 3.05) is 26.2 Å². The van der Waals surface area contributed by atoms with E-state index in [1.54, 1.807) is 6.07 Å². The van der Waals surface area contributed by atoms with Gasteiger partial charge in [-0.2, -0.15) is 0 Å². The summed E-state index contributed by atoms with van der Waals surface area (Å²) >= 11 is 0. The predicted octanol–water partition coefficient (Wildman–Crippen LogP) is 2.62. The quantitative estimate of drug-likeness (QED) is 0.836. The van der Waals surface area contributed by atoms with Gasteiger partial charge < -0.3 is 9.42 Å². The van der Waals surface area contributed by atoms with Crippen molar-refractivity contribution in [2.24, 2.45) is 5.92 Å². The van der Waals surface area contributed by atoms with Gasteiger partial charge in [-0.1, -0.05) is 25.1 Å². The minimum atomic E-state index is -0.0535. The molecule has 134 valence electrons. The molecule has 0 N–H and O–H groups in total. The maximum Gasteiger partial charge on any atom is 0.292 e. The van der Waals surface area contributed by atoms with E-state index >= 15 is 0 Å². The maximum absolute atomic E-state index is 12.7. The summed E-state index contributed by atoms with van der Waals surface area (Å²) in [5.41, 5.74) is 1.92. The molecule has 25 heavy (non-hydrogen) atoms. The van der Waals surface area contributed by atoms with Gasteiger partial charge in [0, 0.05) is 45.0 Å². The SMILES string of the molecule is CC(C)Cc1cc(C(=O)N2CCCN(Cc3ccccn3)CC2)on1. The molecular weight excluding hydrogens is 316 g/mol. The van der Waals surface area contributed by atoms with Gasteiger partial charge in [0.05, 0.1) is 11.4 Å². The second-order valence-electron chi connectivity index (χ2n) is 7.02. The summed E-state index contributed by atoms with van der Waals surface area (Å²) in [6.07, 6.45) is 3.60. The van der Waals surface area contributed by atoms with Crippen LogP contribution in [0.2, 0.25) is 0 Å². The molecule has 0 saturated carbocycles. The summed E-state index contributed by atoms with van der Waals surface area (Å²) in [6.45, 7) is 8.33. The molecule has 1 saturated heterocycles. The van der Waals surface area contributed by atoms with Gasteiger partial charge in [-0.05, 0) is 30.9 Å². The molecule has 1 fully saturated rings. The molecule has 2 aromatic rings. The molecule has 2 aromatic heterocycles. The lowest BCUT2D eigenvalue weighted by atomic mass is 10.1. The smallest absolute Gasteiger partial charge is 0.292 e. The van der Waals surface area contributed by atoms with Crippen LogP contribution >= 0.6 is 0 Å². The number of hydrogen-bond acceptors (Lipinski definition) is 5. The van der Waals surface area contributed by atoms with Crippen molar-refractivity contribution in [3.63, 3.8) is 0 Å². The number of carbonyl (C=O) groups is 1. The van der Waals surface area contributed by atoms with Gasteiger partial charge in [-0.15, -0.1) is 0 Å². The van der Waals surface area contributed by atoms with Crippen LogP contribution in [0.15, 0.2) is 35.0 Å². The van der Waals surface area contributed by atoms with E-state index < -0.39 is 0 Å². The molecular formula is C19H26N4O2. The first kappa shape index (κ1) is 17.6. The zero-order chi connectivity index (χ0) is 17.6. The van der Waals surface area contributed by atoms with Crippen molar-refractivity contribution in [2.45, 2.75) is 33.2 Å². The first-order chi connectivity index (χ1) is 12.1. The van der Waals surface area contributed by atoms with Crippen LogP contribution in [0.1, 0.15) is 42.2 Å². The van der Waals surface area contributed by atoms with E-state index in [-0.39, 0.29) is 5.91 Å². The van der Waals surface area contributed by atoms with Crippen LogP contribution in [-0.2, 0) is 13.0 Å². The molecule has 0 bridgehead atoms. The molecule has 0 unspecified atom stereocenters. The average molecular weight is 342 g/mol. The fourth-order valence-corrected chi connectivity index (χ4v) is 3.14. The zero-order valence-corrected chi connectivity index (χ0v) is 15.0. The lowest BCUT2D eigenvalue weighted by molar-refractivity contribution is 0.0719. The highest BCUT2D eigenvalue weighted by Crippen LogP contribution is 2.14. The molecule has 0 aromatic carbocycles. The van der Waals surface area contributed by atoms with Crippen molar-refractivity contribution in [1.82, 2.24) is 19.9 Å². The lowest BCUT2D eigenvalue weighted by Gasteiger charge is -2.20. The normalized spacial score (nSPS) is 16.2. The number of carbonyl (C=O) groups excluding carboxylic acids is 1. The first-order valence-electron chi connectivity index (χ1n) is 8.99. The molecule has 3 rings (SSSR count). The fourth-order valence-electron chi connectivity index (χ4n) is 3.14. The van der Waals surface area contributed by atoms with Crippen molar-refractivity contribution in [3.8, 4) is 0 Å². The second-order valence-corrected chi connectivity index (χ2v) is 7.02. The van der Waals surface area contributed by atoms with E-state index in [1.807, 2.05) is 29.3 Å². The number of nitrogens with zero attached hydrogens (tertiary/aromatic N) is 4. The number of rotatable bonds is 5. The molecule has 0 aliphatic carbocycles. The highest BCUT2D eigenvalue weighted by Gasteiger charge is 2.23. The number of amides is 1. The fraction of sp³-hybridized carbons (Fsp3) is 0.526. The highest BCUT2D eigenvalue weighted by atomic mass is 16.5.